The molecule has 0 amide bonds. The maximum absolute atomic E-state index is 3.59. The van der Waals surface area contributed by atoms with E-state index in [0.29, 0.717) is 0 Å². The fourth-order valence-electron chi connectivity index (χ4n) is 6.42. The molecule has 0 bridgehead atoms. The summed E-state index contributed by atoms with van der Waals surface area (Å²) < 4.78 is 3.53. The Hall–Kier alpha value is -5.18. The summed E-state index contributed by atoms with van der Waals surface area (Å²) in [7, 11) is 0. The van der Waals surface area contributed by atoms with Crippen molar-refractivity contribution < 1.29 is 0 Å². The number of rotatable bonds is 5. The van der Waals surface area contributed by atoms with Gasteiger partial charge >= 0.3 is 0 Å². The molecule has 0 saturated carbocycles. The molecule has 1 aromatic heterocycles. The van der Waals surface area contributed by atoms with Crippen LogP contribution in [0.1, 0.15) is 0 Å². The van der Waals surface area contributed by atoms with Gasteiger partial charge in [0.05, 0.1) is 16.7 Å². The van der Waals surface area contributed by atoms with Crippen LogP contribution in [-0.4, -0.2) is 4.57 Å². The Bertz CT molecular complexity index is 2280. The summed E-state index contributed by atoms with van der Waals surface area (Å²) in [5.41, 5.74) is 13.2. The Morgan fingerprint density at radius 1 is 0.341 bits per heavy atom. The molecular formula is C42H28BrN. The van der Waals surface area contributed by atoms with E-state index >= 15 is 0 Å². The summed E-state index contributed by atoms with van der Waals surface area (Å²) in [6.45, 7) is 0. The van der Waals surface area contributed by atoms with E-state index in [1.165, 1.54) is 72.0 Å². The molecule has 0 radical (unpaired) electrons. The average molecular weight is 627 g/mol. The van der Waals surface area contributed by atoms with E-state index in [9.17, 15) is 0 Å². The molecule has 0 spiro atoms. The zero-order valence-electron chi connectivity index (χ0n) is 24.0. The number of nitrogens with zero attached hydrogens (tertiary/aromatic N) is 1. The number of aromatic nitrogens is 1. The molecule has 208 valence electrons. The quantitative estimate of drug-likeness (QED) is 0.179. The van der Waals surface area contributed by atoms with E-state index in [0.717, 1.165) is 4.47 Å². The van der Waals surface area contributed by atoms with Crippen LogP contribution in [0.15, 0.2) is 174 Å². The van der Waals surface area contributed by atoms with E-state index in [1.54, 1.807) is 0 Å². The van der Waals surface area contributed by atoms with Gasteiger partial charge < -0.3 is 4.57 Å². The zero-order chi connectivity index (χ0) is 29.5. The van der Waals surface area contributed by atoms with Gasteiger partial charge in [-0.3, -0.25) is 0 Å². The minimum atomic E-state index is 1.08. The second-order valence-electron chi connectivity index (χ2n) is 11.1. The molecular weight excluding hydrogens is 598 g/mol. The summed E-state index contributed by atoms with van der Waals surface area (Å²) in [5.74, 6) is 0. The topological polar surface area (TPSA) is 4.93 Å². The highest BCUT2D eigenvalue weighted by Crippen LogP contribution is 2.40. The van der Waals surface area contributed by atoms with E-state index in [4.69, 9.17) is 0 Å². The summed E-state index contributed by atoms with van der Waals surface area (Å²) in [5, 5.41) is 2.50. The fourth-order valence-corrected chi connectivity index (χ4v) is 6.69. The van der Waals surface area contributed by atoms with Gasteiger partial charge in [-0.05, 0) is 75.3 Å². The minimum Gasteiger partial charge on any atom is -0.309 e. The Morgan fingerprint density at radius 2 is 0.909 bits per heavy atom. The lowest BCUT2D eigenvalue weighted by molar-refractivity contribution is 1.18. The Morgan fingerprint density at radius 3 is 1.73 bits per heavy atom. The highest BCUT2D eigenvalue weighted by atomic mass is 79.9. The van der Waals surface area contributed by atoms with Crippen molar-refractivity contribution in [3.63, 3.8) is 0 Å². The molecule has 0 saturated heterocycles. The lowest BCUT2D eigenvalue weighted by atomic mass is 9.94. The Labute approximate surface area is 265 Å². The molecule has 8 aromatic rings. The smallest absolute Gasteiger partial charge is 0.0547 e. The average Bonchev–Trinajstić information content (AvgIpc) is 3.42. The van der Waals surface area contributed by atoms with Crippen molar-refractivity contribution in [3.8, 4) is 50.2 Å². The van der Waals surface area contributed by atoms with Crippen molar-refractivity contribution >= 4 is 37.7 Å². The van der Waals surface area contributed by atoms with Gasteiger partial charge in [0, 0.05) is 20.8 Å². The number of para-hydroxylation sites is 2. The van der Waals surface area contributed by atoms with E-state index in [-0.39, 0.29) is 0 Å². The summed E-state index contributed by atoms with van der Waals surface area (Å²) >= 11 is 3.59. The molecule has 1 heterocycles. The zero-order valence-corrected chi connectivity index (χ0v) is 25.6. The van der Waals surface area contributed by atoms with Gasteiger partial charge in [0.15, 0.2) is 0 Å². The first-order valence-electron chi connectivity index (χ1n) is 14.9. The Balaban J connectivity index is 1.35. The summed E-state index contributed by atoms with van der Waals surface area (Å²) in [6.07, 6.45) is 0. The lowest BCUT2D eigenvalue weighted by Crippen LogP contribution is -1.97. The molecule has 0 N–H and O–H groups in total. The van der Waals surface area contributed by atoms with Crippen LogP contribution in [0.25, 0.3) is 72.0 Å². The van der Waals surface area contributed by atoms with Gasteiger partial charge in [-0.15, -0.1) is 0 Å². The van der Waals surface area contributed by atoms with Gasteiger partial charge in [0.1, 0.15) is 0 Å². The van der Waals surface area contributed by atoms with Crippen LogP contribution < -0.4 is 0 Å². The molecule has 0 aliphatic rings. The van der Waals surface area contributed by atoms with E-state index in [2.05, 4.69) is 190 Å². The number of benzene rings is 7. The number of halogens is 1. The minimum absolute atomic E-state index is 1.08. The molecule has 0 fully saturated rings. The monoisotopic (exact) mass is 625 g/mol. The van der Waals surface area contributed by atoms with Crippen molar-refractivity contribution in [1.82, 2.24) is 4.57 Å². The van der Waals surface area contributed by atoms with Crippen LogP contribution in [0, 0.1) is 0 Å². The number of hydrogen-bond donors (Lipinski definition) is 0. The van der Waals surface area contributed by atoms with Crippen LogP contribution in [0.5, 0.6) is 0 Å². The first-order valence-corrected chi connectivity index (χ1v) is 15.7. The van der Waals surface area contributed by atoms with Crippen molar-refractivity contribution in [2.24, 2.45) is 0 Å². The van der Waals surface area contributed by atoms with Gasteiger partial charge in [0.25, 0.3) is 0 Å². The second kappa shape index (κ2) is 11.1. The normalized spacial score (nSPS) is 11.3. The van der Waals surface area contributed by atoms with Crippen molar-refractivity contribution in [2.75, 3.05) is 0 Å². The summed E-state index contributed by atoms with van der Waals surface area (Å²) in [4.78, 5) is 0. The molecule has 0 unspecified atom stereocenters. The van der Waals surface area contributed by atoms with Crippen molar-refractivity contribution in [1.29, 1.82) is 0 Å². The maximum Gasteiger partial charge on any atom is 0.0547 e. The molecule has 44 heavy (non-hydrogen) atoms. The van der Waals surface area contributed by atoms with Crippen molar-refractivity contribution in [3.05, 3.63) is 174 Å². The third-order valence-corrected chi connectivity index (χ3v) is 9.02. The van der Waals surface area contributed by atoms with E-state index in [1.807, 2.05) is 0 Å². The van der Waals surface area contributed by atoms with Crippen LogP contribution in [0.4, 0.5) is 0 Å². The third-order valence-electron chi connectivity index (χ3n) is 8.49. The number of hydrogen-bond acceptors (Lipinski definition) is 0. The van der Waals surface area contributed by atoms with E-state index < -0.39 is 0 Å². The molecule has 7 aromatic carbocycles. The first-order chi connectivity index (χ1) is 21.7. The first kappa shape index (κ1) is 26.4. The van der Waals surface area contributed by atoms with Gasteiger partial charge in [-0.2, -0.15) is 0 Å². The van der Waals surface area contributed by atoms with Crippen LogP contribution in [0.3, 0.4) is 0 Å². The molecule has 1 nitrogen and oxygen atoms in total. The molecule has 0 aliphatic heterocycles. The SMILES string of the molecule is Brc1ccc(-c2ccccc2-c2ccc3c4ccccc4n(-c4ccccc4-c4cccc(-c5ccccc5)c4)c3c2)cc1. The fraction of sp³-hybridized carbons (Fsp3) is 0. The third kappa shape index (κ3) is 4.65. The second-order valence-corrected chi connectivity index (χ2v) is 12.0. The van der Waals surface area contributed by atoms with Gasteiger partial charge in [-0.25, -0.2) is 0 Å². The lowest BCUT2D eigenvalue weighted by Gasteiger charge is -2.16. The highest BCUT2D eigenvalue weighted by molar-refractivity contribution is 9.10. The maximum atomic E-state index is 3.59. The molecule has 2 heteroatoms. The predicted octanol–water partition coefficient (Wildman–Crippen LogP) is 12.2. The van der Waals surface area contributed by atoms with Crippen LogP contribution in [-0.2, 0) is 0 Å². The largest absolute Gasteiger partial charge is 0.309 e. The van der Waals surface area contributed by atoms with Crippen LogP contribution in [0.2, 0.25) is 0 Å². The standard InChI is InChI=1S/C42H28BrN/c43-34-24-21-30(22-25-34)35-15-4-5-16-36(35)33-23-26-39-38-18-7-9-20-41(38)44(42(39)28-33)40-19-8-6-17-37(40)32-14-10-13-31(27-32)29-11-2-1-3-12-29/h1-28H. The van der Waals surface area contributed by atoms with Crippen molar-refractivity contribution in [2.45, 2.75) is 0 Å². The molecule has 8 rings (SSSR count). The Kier molecular flexibility index (Phi) is 6.70. The highest BCUT2D eigenvalue weighted by Gasteiger charge is 2.17. The van der Waals surface area contributed by atoms with Gasteiger partial charge in [0.2, 0.25) is 0 Å². The molecule has 0 atom stereocenters. The summed E-state index contributed by atoms with van der Waals surface area (Å²) in [6, 6.07) is 61.2. The number of fused-ring (bicyclic) bond motifs is 3. The molecule has 0 aliphatic carbocycles. The van der Waals surface area contributed by atoms with Crippen LogP contribution >= 0.6 is 15.9 Å². The van der Waals surface area contributed by atoms with Gasteiger partial charge in [-0.1, -0.05) is 149 Å². The predicted molar refractivity (Wildman–Crippen MR) is 190 cm³/mol.